The van der Waals surface area contributed by atoms with Gasteiger partial charge in [0.2, 0.25) is 0 Å². The van der Waals surface area contributed by atoms with Crippen LogP contribution < -0.4 is 5.32 Å². The number of carbonyl (C=O) groups is 1. The minimum absolute atomic E-state index is 0.101. The Labute approximate surface area is 163 Å². The second-order valence-electron chi connectivity index (χ2n) is 7.95. The fourth-order valence-electron chi connectivity index (χ4n) is 4.24. The van der Waals surface area contributed by atoms with Gasteiger partial charge >= 0.3 is 0 Å². The van der Waals surface area contributed by atoms with Crippen molar-refractivity contribution in [2.24, 2.45) is 5.92 Å². The number of nitrogens with one attached hydrogen (secondary N) is 1. The smallest absolute Gasteiger partial charge is 0.257 e. The summed E-state index contributed by atoms with van der Waals surface area (Å²) in [5.74, 6) is 1.47. The molecule has 0 spiro atoms. The molecule has 1 saturated heterocycles. The van der Waals surface area contributed by atoms with Gasteiger partial charge in [0.15, 0.2) is 0 Å². The maximum atomic E-state index is 13.1. The molecule has 0 radical (unpaired) electrons. The van der Waals surface area contributed by atoms with Crippen LogP contribution in [-0.4, -0.2) is 49.7 Å². The molecule has 2 atom stereocenters. The van der Waals surface area contributed by atoms with Crippen LogP contribution in [0.2, 0.25) is 0 Å². The summed E-state index contributed by atoms with van der Waals surface area (Å²) >= 11 is 0. The zero-order valence-electron chi connectivity index (χ0n) is 16.0. The Morgan fingerprint density at radius 3 is 2.89 bits per heavy atom. The monoisotopic (exact) mass is 376 g/mol. The van der Waals surface area contributed by atoms with E-state index in [2.05, 4.69) is 27.3 Å². The third-order valence-electron chi connectivity index (χ3n) is 5.83. The Balaban J connectivity index is 1.28. The number of hydrogen-bond donors (Lipinski definition) is 1. The summed E-state index contributed by atoms with van der Waals surface area (Å²) in [5, 5.41) is 7.88. The first-order valence-corrected chi connectivity index (χ1v) is 9.99. The first-order valence-electron chi connectivity index (χ1n) is 9.99. The molecule has 1 unspecified atom stereocenters. The topological polar surface area (TPSA) is 75.9 Å². The van der Waals surface area contributed by atoms with Gasteiger partial charge < -0.3 is 10.2 Å². The number of nitrogens with zero attached hydrogens (tertiary/aromatic N) is 5. The van der Waals surface area contributed by atoms with Gasteiger partial charge in [-0.15, -0.1) is 0 Å². The Hall–Kier alpha value is -2.96. The van der Waals surface area contributed by atoms with Crippen molar-refractivity contribution in [3.8, 4) is 0 Å². The first kappa shape index (κ1) is 17.2. The Bertz CT molecular complexity index is 1030. The van der Waals surface area contributed by atoms with Crippen LogP contribution in [0.4, 0.5) is 5.82 Å². The van der Waals surface area contributed by atoms with E-state index >= 15 is 0 Å². The fourth-order valence-corrected chi connectivity index (χ4v) is 4.24. The second kappa shape index (κ2) is 6.89. The van der Waals surface area contributed by atoms with Crippen molar-refractivity contribution < 1.29 is 4.79 Å². The van der Waals surface area contributed by atoms with Crippen molar-refractivity contribution in [1.29, 1.82) is 0 Å². The number of rotatable bonds is 3. The molecular weight excluding hydrogens is 352 g/mol. The van der Waals surface area contributed by atoms with Gasteiger partial charge in [0.1, 0.15) is 5.82 Å². The molecule has 2 aromatic heterocycles. The summed E-state index contributed by atoms with van der Waals surface area (Å²) in [6.45, 7) is 4.57. The van der Waals surface area contributed by atoms with Crippen LogP contribution >= 0.6 is 0 Å². The number of likely N-dealkylation sites (tertiary alicyclic amines) is 1. The van der Waals surface area contributed by atoms with Gasteiger partial charge in [-0.25, -0.2) is 4.98 Å². The van der Waals surface area contributed by atoms with Crippen LogP contribution in [-0.2, 0) is 13.0 Å². The van der Waals surface area contributed by atoms with Crippen LogP contribution in [0, 0.1) is 5.92 Å². The lowest BCUT2D eigenvalue weighted by atomic mass is 9.96. The van der Waals surface area contributed by atoms with Crippen LogP contribution in [0.15, 0.2) is 36.7 Å². The van der Waals surface area contributed by atoms with Gasteiger partial charge in [-0.05, 0) is 37.3 Å². The van der Waals surface area contributed by atoms with Gasteiger partial charge in [-0.1, -0.05) is 19.1 Å². The van der Waals surface area contributed by atoms with Crippen LogP contribution in [0.5, 0.6) is 0 Å². The van der Waals surface area contributed by atoms with Gasteiger partial charge in [-0.3, -0.25) is 14.5 Å². The highest BCUT2D eigenvalue weighted by molar-refractivity contribution is 5.95. The van der Waals surface area contributed by atoms with E-state index in [1.165, 1.54) is 0 Å². The Morgan fingerprint density at radius 2 is 2.00 bits per heavy atom. The van der Waals surface area contributed by atoms with Crippen LogP contribution in [0.25, 0.3) is 11.0 Å². The molecule has 144 valence electrons. The molecule has 7 nitrogen and oxygen atoms in total. The predicted octanol–water partition coefficient (Wildman–Crippen LogP) is 2.74. The van der Waals surface area contributed by atoms with Gasteiger partial charge in [-0.2, -0.15) is 5.10 Å². The highest BCUT2D eigenvalue weighted by atomic mass is 16.2. The maximum absolute atomic E-state index is 13.1. The summed E-state index contributed by atoms with van der Waals surface area (Å²) in [4.78, 5) is 24.1. The number of para-hydroxylation sites is 2. The molecule has 1 fully saturated rings. The SMILES string of the molecule is CC1CCn2ncc(C(=O)N3CC[C@@H](Nc4cnc5ccccc5n4)C3)c2C1. The third-order valence-corrected chi connectivity index (χ3v) is 5.83. The average Bonchev–Trinajstić information content (AvgIpc) is 3.34. The van der Waals surface area contributed by atoms with Crippen molar-refractivity contribution in [3.05, 3.63) is 47.9 Å². The van der Waals surface area contributed by atoms with Crippen molar-refractivity contribution in [2.75, 3.05) is 18.4 Å². The second-order valence-corrected chi connectivity index (χ2v) is 7.95. The Morgan fingerprint density at radius 1 is 1.14 bits per heavy atom. The molecule has 1 N–H and O–H groups in total. The molecule has 2 aliphatic heterocycles. The van der Waals surface area contributed by atoms with E-state index in [9.17, 15) is 4.79 Å². The normalized spacial score (nSPS) is 21.7. The summed E-state index contributed by atoms with van der Waals surface area (Å²) in [6.07, 6.45) is 6.49. The molecule has 7 heteroatoms. The minimum atomic E-state index is 0.101. The van der Waals surface area contributed by atoms with E-state index in [-0.39, 0.29) is 11.9 Å². The summed E-state index contributed by atoms with van der Waals surface area (Å²) < 4.78 is 2.00. The molecule has 28 heavy (non-hydrogen) atoms. The molecule has 0 saturated carbocycles. The molecule has 1 aromatic carbocycles. The summed E-state index contributed by atoms with van der Waals surface area (Å²) in [5.41, 5.74) is 3.63. The van der Waals surface area contributed by atoms with Crippen molar-refractivity contribution in [3.63, 3.8) is 0 Å². The molecule has 0 bridgehead atoms. The van der Waals surface area contributed by atoms with E-state index in [0.717, 1.165) is 60.5 Å². The third kappa shape index (κ3) is 3.10. The highest BCUT2D eigenvalue weighted by Crippen LogP contribution is 2.25. The van der Waals surface area contributed by atoms with Gasteiger partial charge in [0.05, 0.1) is 34.7 Å². The highest BCUT2D eigenvalue weighted by Gasteiger charge is 2.31. The number of anilines is 1. The molecule has 3 aromatic rings. The van der Waals surface area contributed by atoms with Gasteiger partial charge in [0.25, 0.3) is 5.91 Å². The molecule has 1 amide bonds. The van der Waals surface area contributed by atoms with E-state index < -0.39 is 0 Å². The number of hydrogen-bond acceptors (Lipinski definition) is 5. The summed E-state index contributed by atoms with van der Waals surface area (Å²) in [7, 11) is 0. The number of fused-ring (bicyclic) bond motifs is 2. The lowest BCUT2D eigenvalue weighted by molar-refractivity contribution is 0.0789. The lowest BCUT2D eigenvalue weighted by Gasteiger charge is -2.22. The van der Waals surface area contributed by atoms with Crippen LogP contribution in [0.3, 0.4) is 0 Å². The van der Waals surface area contributed by atoms with E-state index in [0.29, 0.717) is 12.5 Å². The standard InChI is InChI=1S/C21H24N6O/c1-14-6-9-27-19(10-14)16(11-23-27)21(28)26-8-7-15(13-26)24-20-12-22-17-4-2-3-5-18(17)25-20/h2-5,11-12,14-15H,6-10,13H2,1H3,(H,24,25)/t14?,15-/m1/s1. The summed E-state index contributed by atoms with van der Waals surface area (Å²) in [6, 6.07) is 8.02. The fraction of sp³-hybridized carbons (Fsp3) is 0.429. The number of carbonyl (C=O) groups excluding carboxylic acids is 1. The maximum Gasteiger partial charge on any atom is 0.257 e. The van der Waals surface area contributed by atoms with Gasteiger partial charge in [0, 0.05) is 25.7 Å². The number of benzene rings is 1. The quantitative estimate of drug-likeness (QED) is 0.761. The van der Waals surface area contributed by atoms with E-state index in [1.807, 2.05) is 33.8 Å². The molecule has 2 aliphatic rings. The van der Waals surface area contributed by atoms with Crippen molar-refractivity contribution in [2.45, 2.75) is 38.8 Å². The number of amides is 1. The van der Waals surface area contributed by atoms with Crippen molar-refractivity contribution in [1.82, 2.24) is 24.6 Å². The zero-order chi connectivity index (χ0) is 19.1. The first-order chi connectivity index (χ1) is 13.7. The molecule has 0 aliphatic carbocycles. The number of aromatic nitrogens is 4. The number of aryl methyl sites for hydroxylation is 1. The zero-order valence-corrected chi connectivity index (χ0v) is 16.0. The minimum Gasteiger partial charge on any atom is -0.364 e. The molecular formula is C21H24N6O. The van der Waals surface area contributed by atoms with Crippen molar-refractivity contribution >= 4 is 22.8 Å². The molecule has 5 rings (SSSR count). The largest absolute Gasteiger partial charge is 0.364 e. The van der Waals surface area contributed by atoms with E-state index in [4.69, 9.17) is 0 Å². The average molecular weight is 376 g/mol. The molecule has 4 heterocycles. The predicted molar refractivity (Wildman–Crippen MR) is 107 cm³/mol. The Kier molecular flexibility index (Phi) is 4.22. The lowest BCUT2D eigenvalue weighted by Crippen LogP contribution is -2.32. The van der Waals surface area contributed by atoms with E-state index in [1.54, 1.807) is 12.4 Å². The van der Waals surface area contributed by atoms with Crippen LogP contribution in [0.1, 0.15) is 35.8 Å².